The maximum absolute atomic E-state index is 12.9. The Labute approximate surface area is 154 Å². The van der Waals surface area contributed by atoms with Crippen LogP contribution < -0.4 is 15.6 Å². The second-order valence-corrected chi connectivity index (χ2v) is 5.74. The lowest BCUT2D eigenvalue weighted by atomic mass is 10.1. The zero-order valence-electron chi connectivity index (χ0n) is 14.2. The van der Waals surface area contributed by atoms with Crippen LogP contribution in [0.1, 0.15) is 21.5 Å². The van der Waals surface area contributed by atoms with Crippen molar-refractivity contribution in [3.63, 3.8) is 0 Å². The van der Waals surface area contributed by atoms with Crippen LogP contribution in [0.25, 0.3) is 0 Å². The van der Waals surface area contributed by atoms with E-state index in [0.29, 0.717) is 11.5 Å². The van der Waals surface area contributed by atoms with Crippen LogP contribution in [0.3, 0.4) is 0 Å². The van der Waals surface area contributed by atoms with Gasteiger partial charge in [-0.15, -0.1) is 0 Å². The molecule has 0 bridgehead atoms. The number of aliphatic hydroxyl groups is 1. The van der Waals surface area contributed by atoms with Gasteiger partial charge in [0.2, 0.25) is 0 Å². The summed E-state index contributed by atoms with van der Waals surface area (Å²) in [5.41, 5.74) is 0.494. The minimum atomic E-state index is -0.519. The molecule has 0 atom stereocenters. The molecule has 0 saturated carbocycles. The van der Waals surface area contributed by atoms with Crippen LogP contribution in [0.15, 0.2) is 65.6 Å². The fourth-order valence-corrected chi connectivity index (χ4v) is 2.47. The third kappa shape index (κ3) is 4.59. The average molecular weight is 368 g/mol. The maximum atomic E-state index is 12.9. The van der Waals surface area contributed by atoms with Crippen molar-refractivity contribution in [2.45, 2.75) is 13.2 Å². The number of aromatic nitrogens is 1. The third-order valence-electron chi connectivity index (χ3n) is 3.89. The van der Waals surface area contributed by atoms with Crippen molar-refractivity contribution in [3.05, 3.63) is 93.7 Å². The van der Waals surface area contributed by atoms with Crippen molar-refractivity contribution in [2.24, 2.45) is 0 Å². The minimum absolute atomic E-state index is 0.0260. The number of amides is 1. The number of pyridine rings is 1. The highest BCUT2D eigenvalue weighted by molar-refractivity contribution is 5.95. The third-order valence-corrected chi connectivity index (χ3v) is 3.89. The average Bonchev–Trinajstić information content (AvgIpc) is 2.68. The monoisotopic (exact) mass is 368 g/mol. The highest BCUT2D eigenvalue weighted by atomic mass is 19.1. The van der Waals surface area contributed by atoms with E-state index in [1.54, 1.807) is 24.3 Å². The smallest absolute Gasteiger partial charge is 0.254 e. The number of halogens is 1. The Morgan fingerprint density at radius 1 is 1.04 bits per heavy atom. The molecule has 0 aliphatic rings. The van der Waals surface area contributed by atoms with Gasteiger partial charge in [0.1, 0.15) is 17.3 Å². The maximum Gasteiger partial charge on any atom is 0.254 e. The van der Waals surface area contributed by atoms with Crippen LogP contribution in [0.2, 0.25) is 0 Å². The van der Waals surface area contributed by atoms with Crippen molar-refractivity contribution in [1.29, 1.82) is 0 Å². The summed E-state index contributed by atoms with van der Waals surface area (Å²) in [6.45, 7) is -0.276. The first-order valence-corrected chi connectivity index (χ1v) is 8.19. The quantitative estimate of drug-likeness (QED) is 0.624. The van der Waals surface area contributed by atoms with E-state index in [1.165, 1.54) is 36.5 Å². The predicted molar refractivity (Wildman–Crippen MR) is 97.1 cm³/mol. The van der Waals surface area contributed by atoms with E-state index in [0.717, 1.165) is 5.56 Å². The molecule has 1 aromatic heterocycles. The van der Waals surface area contributed by atoms with E-state index in [4.69, 9.17) is 4.74 Å². The summed E-state index contributed by atoms with van der Waals surface area (Å²) in [5, 5.41) is 12.0. The molecule has 0 aliphatic heterocycles. The van der Waals surface area contributed by atoms with Crippen molar-refractivity contribution in [2.75, 3.05) is 0 Å². The number of hydrogen-bond donors (Lipinski definition) is 3. The second kappa shape index (κ2) is 8.29. The number of nitrogens with one attached hydrogen (secondary N) is 2. The number of benzene rings is 2. The first-order chi connectivity index (χ1) is 13.1. The van der Waals surface area contributed by atoms with E-state index >= 15 is 0 Å². The summed E-state index contributed by atoms with van der Waals surface area (Å²) in [4.78, 5) is 26.3. The number of hydrogen-bond acceptors (Lipinski definition) is 4. The van der Waals surface area contributed by atoms with Crippen LogP contribution in [0, 0.1) is 5.82 Å². The van der Waals surface area contributed by atoms with Crippen LogP contribution in [-0.2, 0) is 13.2 Å². The fourth-order valence-electron chi connectivity index (χ4n) is 2.47. The van der Waals surface area contributed by atoms with Gasteiger partial charge in [-0.25, -0.2) is 4.39 Å². The second-order valence-electron chi connectivity index (χ2n) is 5.74. The fraction of sp³-hybridized carbons (Fsp3) is 0.100. The minimum Gasteiger partial charge on any atom is -0.457 e. The summed E-state index contributed by atoms with van der Waals surface area (Å²) in [6.07, 6.45) is 1.36. The Morgan fingerprint density at radius 3 is 2.30 bits per heavy atom. The van der Waals surface area contributed by atoms with Crippen LogP contribution in [-0.4, -0.2) is 16.0 Å². The standard InChI is InChI=1S/C20H17FN2O4/c21-14-3-7-16(8-4-14)27-15-5-1-13(2-6-15)11-23-19(25)17-9-10-22-20(26)18(17)12-24/h1-10,24H,11-12H2,(H,22,26)(H,23,25). The summed E-state index contributed by atoms with van der Waals surface area (Å²) in [6, 6.07) is 14.2. The van der Waals surface area contributed by atoms with Crippen molar-refractivity contribution >= 4 is 5.91 Å². The van der Waals surface area contributed by atoms with Gasteiger partial charge >= 0.3 is 0 Å². The molecule has 7 heteroatoms. The number of aromatic amines is 1. The van der Waals surface area contributed by atoms with E-state index in [1.807, 2.05) is 0 Å². The zero-order valence-corrected chi connectivity index (χ0v) is 14.2. The molecule has 0 spiro atoms. The number of ether oxygens (including phenoxy) is 1. The van der Waals surface area contributed by atoms with Gasteiger partial charge < -0.3 is 20.1 Å². The lowest BCUT2D eigenvalue weighted by Crippen LogP contribution is -2.27. The Balaban J connectivity index is 1.62. The molecule has 3 aromatic rings. The molecule has 1 amide bonds. The lowest BCUT2D eigenvalue weighted by molar-refractivity contribution is 0.0947. The molecular formula is C20H17FN2O4. The van der Waals surface area contributed by atoms with Gasteiger partial charge in [-0.05, 0) is 48.0 Å². The molecule has 0 radical (unpaired) electrons. The summed E-state index contributed by atoms with van der Waals surface area (Å²) >= 11 is 0. The van der Waals surface area contributed by atoms with Crippen LogP contribution in [0.4, 0.5) is 4.39 Å². The van der Waals surface area contributed by atoms with E-state index in [-0.39, 0.29) is 23.5 Å². The van der Waals surface area contributed by atoms with Gasteiger partial charge in [-0.2, -0.15) is 0 Å². The molecule has 3 rings (SSSR count). The zero-order chi connectivity index (χ0) is 19.2. The summed E-state index contributed by atoms with van der Waals surface area (Å²) in [5.74, 6) is 0.312. The molecule has 27 heavy (non-hydrogen) atoms. The van der Waals surface area contributed by atoms with Crippen molar-refractivity contribution < 1.29 is 19.0 Å². The van der Waals surface area contributed by atoms with Crippen LogP contribution >= 0.6 is 0 Å². The number of rotatable bonds is 6. The topological polar surface area (TPSA) is 91.4 Å². The Morgan fingerprint density at radius 2 is 1.67 bits per heavy atom. The highest BCUT2D eigenvalue weighted by Gasteiger charge is 2.13. The Bertz CT molecular complexity index is 982. The molecule has 3 N–H and O–H groups in total. The molecule has 0 fully saturated rings. The molecule has 0 unspecified atom stereocenters. The Hall–Kier alpha value is -3.45. The lowest BCUT2D eigenvalue weighted by Gasteiger charge is -2.09. The number of aliphatic hydroxyl groups excluding tert-OH is 1. The van der Waals surface area contributed by atoms with Gasteiger partial charge in [-0.3, -0.25) is 9.59 Å². The largest absolute Gasteiger partial charge is 0.457 e. The van der Waals surface area contributed by atoms with Gasteiger partial charge in [0, 0.05) is 12.7 Å². The van der Waals surface area contributed by atoms with E-state index < -0.39 is 18.1 Å². The van der Waals surface area contributed by atoms with Crippen LogP contribution in [0.5, 0.6) is 11.5 Å². The molecule has 1 heterocycles. The van der Waals surface area contributed by atoms with E-state index in [2.05, 4.69) is 10.3 Å². The van der Waals surface area contributed by atoms with Crippen molar-refractivity contribution in [3.8, 4) is 11.5 Å². The number of H-pyrrole nitrogens is 1. The molecular weight excluding hydrogens is 351 g/mol. The first kappa shape index (κ1) is 18.3. The molecule has 0 saturated heterocycles. The highest BCUT2D eigenvalue weighted by Crippen LogP contribution is 2.21. The van der Waals surface area contributed by atoms with Crippen molar-refractivity contribution in [1.82, 2.24) is 10.3 Å². The van der Waals surface area contributed by atoms with Gasteiger partial charge in [0.15, 0.2) is 0 Å². The van der Waals surface area contributed by atoms with E-state index in [9.17, 15) is 19.1 Å². The predicted octanol–water partition coefficient (Wildman–Crippen LogP) is 2.73. The van der Waals surface area contributed by atoms with Gasteiger partial charge in [-0.1, -0.05) is 12.1 Å². The molecule has 6 nitrogen and oxygen atoms in total. The van der Waals surface area contributed by atoms with Gasteiger partial charge in [0.05, 0.1) is 17.7 Å². The SMILES string of the molecule is O=C(NCc1ccc(Oc2ccc(F)cc2)cc1)c1cc[nH]c(=O)c1CO. The normalized spacial score (nSPS) is 10.4. The molecule has 138 valence electrons. The molecule has 0 aliphatic carbocycles. The number of carbonyl (C=O) groups is 1. The van der Waals surface area contributed by atoms with Gasteiger partial charge in [0.25, 0.3) is 11.5 Å². The Kier molecular flexibility index (Phi) is 5.63. The number of carbonyl (C=O) groups excluding carboxylic acids is 1. The summed E-state index contributed by atoms with van der Waals surface area (Å²) in [7, 11) is 0. The summed E-state index contributed by atoms with van der Waals surface area (Å²) < 4.78 is 18.5. The first-order valence-electron chi connectivity index (χ1n) is 8.19. The molecule has 2 aromatic carbocycles.